The van der Waals surface area contributed by atoms with Gasteiger partial charge in [-0.2, -0.15) is 18.3 Å². The number of hydrogen-bond acceptors (Lipinski definition) is 3. The standard InChI is InChI=1S/C18H18F3N5O/c19-18(20,21)16-9-15(23-24-16)17(27)25-26(12-4-2-5-12)10-11-3-1-6-14-13(11)7-8-22-14/h1,3,6-9,12,22H,2,4-5,10H2,(H,23,24)(H,25,27). The lowest BCUT2D eigenvalue weighted by Crippen LogP contribution is -2.50. The van der Waals surface area contributed by atoms with Crippen LogP contribution in [0.5, 0.6) is 0 Å². The molecule has 1 aliphatic carbocycles. The molecular formula is C18H18F3N5O. The first kappa shape index (κ1) is 17.6. The van der Waals surface area contributed by atoms with Crippen molar-refractivity contribution in [2.24, 2.45) is 0 Å². The molecule has 3 aromatic rings. The Bertz CT molecular complexity index is 957. The maximum absolute atomic E-state index is 12.7. The van der Waals surface area contributed by atoms with Crippen molar-refractivity contribution in [1.29, 1.82) is 0 Å². The Labute approximate surface area is 152 Å². The predicted octanol–water partition coefficient (Wildman–Crippen LogP) is 3.61. The van der Waals surface area contributed by atoms with E-state index in [-0.39, 0.29) is 11.7 Å². The molecule has 1 aromatic carbocycles. The van der Waals surface area contributed by atoms with E-state index in [9.17, 15) is 18.0 Å². The predicted molar refractivity (Wildman–Crippen MR) is 92.5 cm³/mol. The molecular weight excluding hydrogens is 359 g/mol. The minimum Gasteiger partial charge on any atom is -0.361 e. The molecule has 0 bridgehead atoms. The average molecular weight is 377 g/mol. The van der Waals surface area contributed by atoms with Gasteiger partial charge in [0.25, 0.3) is 5.91 Å². The summed E-state index contributed by atoms with van der Waals surface area (Å²) in [6.45, 7) is 0.460. The third-order valence-corrected chi connectivity index (χ3v) is 4.90. The van der Waals surface area contributed by atoms with Crippen LogP contribution in [0.15, 0.2) is 36.5 Å². The smallest absolute Gasteiger partial charge is 0.361 e. The molecule has 1 saturated carbocycles. The second kappa shape index (κ2) is 6.73. The number of amides is 1. The molecule has 142 valence electrons. The molecule has 9 heteroatoms. The largest absolute Gasteiger partial charge is 0.432 e. The van der Waals surface area contributed by atoms with Crippen LogP contribution in [-0.4, -0.2) is 32.1 Å². The zero-order valence-electron chi connectivity index (χ0n) is 14.3. The van der Waals surface area contributed by atoms with Crippen molar-refractivity contribution >= 4 is 16.8 Å². The fraction of sp³-hybridized carbons (Fsp3) is 0.333. The summed E-state index contributed by atoms with van der Waals surface area (Å²) in [6.07, 6.45) is 0.202. The number of halogens is 3. The summed E-state index contributed by atoms with van der Waals surface area (Å²) >= 11 is 0. The molecule has 1 amide bonds. The van der Waals surface area contributed by atoms with Gasteiger partial charge in [0.15, 0.2) is 5.69 Å². The number of carbonyl (C=O) groups is 1. The number of aromatic nitrogens is 3. The van der Waals surface area contributed by atoms with Crippen LogP contribution in [0.25, 0.3) is 10.9 Å². The number of benzene rings is 1. The molecule has 0 spiro atoms. The number of H-pyrrole nitrogens is 2. The maximum Gasteiger partial charge on any atom is 0.432 e. The lowest BCUT2D eigenvalue weighted by molar-refractivity contribution is -0.141. The first-order valence-electron chi connectivity index (χ1n) is 8.67. The number of hydrazine groups is 1. The van der Waals surface area contributed by atoms with Crippen molar-refractivity contribution in [3.8, 4) is 0 Å². The van der Waals surface area contributed by atoms with E-state index in [1.54, 1.807) is 5.01 Å². The monoisotopic (exact) mass is 377 g/mol. The van der Waals surface area contributed by atoms with Crippen molar-refractivity contribution < 1.29 is 18.0 Å². The van der Waals surface area contributed by atoms with E-state index in [0.717, 1.165) is 41.8 Å². The molecule has 2 heterocycles. The van der Waals surface area contributed by atoms with E-state index in [4.69, 9.17) is 0 Å². The highest BCUT2D eigenvalue weighted by atomic mass is 19.4. The Morgan fingerprint density at radius 2 is 2.11 bits per heavy atom. The Hall–Kier alpha value is -2.81. The number of aromatic amines is 2. The molecule has 4 rings (SSSR count). The SMILES string of the molecule is O=C(NN(Cc1cccc2[nH]ccc12)C1CCC1)c1cc(C(F)(F)F)[nH]n1. The van der Waals surface area contributed by atoms with Gasteiger partial charge in [0, 0.05) is 35.8 Å². The van der Waals surface area contributed by atoms with E-state index >= 15 is 0 Å². The molecule has 3 N–H and O–H groups in total. The Morgan fingerprint density at radius 3 is 2.78 bits per heavy atom. The van der Waals surface area contributed by atoms with E-state index in [2.05, 4.69) is 15.5 Å². The number of alkyl halides is 3. The topological polar surface area (TPSA) is 76.8 Å². The number of fused-ring (bicyclic) bond motifs is 1. The summed E-state index contributed by atoms with van der Waals surface area (Å²) in [6, 6.07) is 8.72. The van der Waals surface area contributed by atoms with Crippen LogP contribution >= 0.6 is 0 Å². The zero-order chi connectivity index (χ0) is 19.0. The van der Waals surface area contributed by atoms with Gasteiger partial charge >= 0.3 is 6.18 Å². The van der Waals surface area contributed by atoms with Crippen molar-refractivity contribution in [2.75, 3.05) is 0 Å². The van der Waals surface area contributed by atoms with Crippen LogP contribution in [0.2, 0.25) is 0 Å². The quantitative estimate of drug-likeness (QED) is 0.595. The summed E-state index contributed by atoms with van der Waals surface area (Å²) in [5.74, 6) is -0.658. The molecule has 27 heavy (non-hydrogen) atoms. The van der Waals surface area contributed by atoms with E-state index in [0.29, 0.717) is 6.54 Å². The molecule has 0 aliphatic heterocycles. The number of rotatable bonds is 5. The van der Waals surface area contributed by atoms with Gasteiger partial charge in [0.05, 0.1) is 0 Å². The lowest BCUT2D eigenvalue weighted by Gasteiger charge is -2.37. The van der Waals surface area contributed by atoms with Crippen LogP contribution in [0.3, 0.4) is 0 Å². The van der Waals surface area contributed by atoms with Crippen molar-refractivity contribution in [1.82, 2.24) is 25.6 Å². The highest BCUT2D eigenvalue weighted by molar-refractivity contribution is 5.92. The number of carbonyl (C=O) groups excluding carboxylic acids is 1. The first-order valence-corrected chi connectivity index (χ1v) is 8.67. The summed E-state index contributed by atoms with van der Waals surface area (Å²) < 4.78 is 38.1. The fourth-order valence-electron chi connectivity index (χ4n) is 3.20. The minimum absolute atomic E-state index is 0.157. The maximum atomic E-state index is 12.7. The van der Waals surface area contributed by atoms with Crippen molar-refractivity contribution in [3.05, 3.63) is 53.5 Å². The number of nitrogens with one attached hydrogen (secondary N) is 3. The second-order valence-corrected chi connectivity index (χ2v) is 6.67. The molecule has 0 unspecified atom stereocenters. The van der Waals surface area contributed by atoms with Gasteiger partial charge in [0.1, 0.15) is 5.69 Å². The van der Waals surface area contributed by atoms with Crippen molar-refractivity contribution in [2.45, 2.75) is 38.0 Å². The Kier molecular flexibility index (Phi) is 4.39. The van der Waals surface area contributed by atoms with Gasteiger partial charge in [-0.25, -0.2) is 5.01 Å². The van der Waals surface area contributed by atoms with Crippen LogP contribution in [0, 0.1) is 0 Å². The van der Waals surface area contributed by atoms with E-state index in [1.165, 1.54) is 0 Å². The molecule has 2 aromatic heterocycles. The number of nitrogens with zero attached hydrogens (tertiary/aromatic N) is 2. The minimum atomic E-state index is -4.57. The third-order valence-electron chi connectivity index (χ3n) is 4.90. The molecule has 1 fully saturated rings. The van der Waals surface area contributed by atoms with Crippen LogP contribution in [-0.2, 0) is 12.7 Å². The van der Waals surface area contributed by atoms with E-state index < -0.39 is 17.8 Å². The van der Waals surface area contributed by atoms with Gasteiger partial charge in [-0.3, -0.25) is 15.3 Å². The van der Waals surface area contributed by atoms with Gasteiger partial charge in [-0.15, -0.1) is 0 Å². The Morgan fingerprint density at radius 1 is 1.30 bits per heavy atom. The van der Waals surface area contributed by atoms with Crippen molar-refractivity contribution in [3.63, 3.8) is 0 Å². The highest BCUT2D eigenvalue weighted by Crippen LogP contribution is 2.29. The molecule has 0 atom stereocenters. The van der Waals surface area contributed by atoms with Gasteiger partial charge in [-0.05, 0) is 30.5 Å². The third kappa shape index (κ3) is 3.55. The fourth-order valence-corrected chi connectivity index (χ4v) is 3.20. The van der Waals surface area contributed by atoms with E-state index in [1.807, 2.05) is 35.6 Å². The van der Waals surface area contributed by atoms with Crippen LogP contribution < -0.4 is 5.43 Å². The lowest BCUT2D eigenvalue weighted by atomic mass is 9.92. The molecule has 0 radical (unpaired) electrons. The van der Waals surface area contributed by atoms with Gasteiger partial charge < -0.3 is 4.98 Å². The molecule has 0 saturated heterocycles. The molecule has 6 nitrogen and oxygen atoms in total. The highest BCUT2D eigenvalue weighted by Gasteiger charge is 2.34. The average Bonchev–Trinajstić information content (AvgIpc) is 3.22. The zero-order valence-corrected chi connectivity index (χ0v) is 14.3. The summed E-state index contributed by atoms with van der Waals surface area (Å²) in [4.78, 5) is 15.6. The first-order chi connectivity index (χ1) is 12.9. The van der Waals surface area contributed by atoms with Gasteiger partial charge in [-0.1, -0.05) is 18.6 Å². The summed E-state index contributed by atoms with van der Waals surface area (Å²) in [5.41, 5.74) is 3.43. The Balaban J connectivity index is 1.53. The summed E-state index contributed by atoms with van der Waals surface area (Å²) in [7, 11) is 0. The normalized spacial score (nSPS) is 15.3. The second-order valence-electron chi connectivity index (χ2n) is 6.67. The van der Waals surface area contributed by atoms with Crippen LogP contribution in [0.1, 0.15) is 41.0 Å². The molecule has 1 aliphatic rings. The van der Waals surface area contributed by atoms with Crippen LogP contribution in [0.4, 0.5) is 13.2 Å². The summed E-state index contributed by atoms with van der Waals surface area (Å²) in [5, 5.41) is 8.22. The van der Waals surface area contributed by atoms with Gasteiger partial charge in [0.2, 0.25) is 0 Å². The number of hydrogen-bond donors (Lipinski definition) is 3.